The Hall–Kier alpha value is -1.02. The number of hydrogen-bond donors (Lipinski definition) is 4. The van der Waals surface area contributed by atoms with Crippen LogP contribution >= 0.6 is 0 Å². The first kappa shape index (κ1) is 16.0. The molecule has 5 N–H and O–H groups in total. The van der Waals surface area contributed by atoms with Crippen molar-refractivity contribution >= 4 is 11.9 Å². The van der Waals surface area contributed by atoms with Crippen LogP contribution in [0.3, 0.4) is 0 Å². The Bertz CT molecular complexity index is 258. The highest BCUT2D eigenvalue weighted by Gasteiger charge is 2.30. The topological polar surface area (TPSA) is 121 Å². The number of nitrogens with zero attached hydrogens (tertiary/aromatic N) is 2. The summed E-state index contributed by atoms with van der Waals surface area (Å²) in [6.45, 7) is 1.95. The Morgan fingerprint density at radius 1 is 1.53 bits per heavy atom. The summed E-state index contributed by atoms with van der Waals surface area (Å²) in [5, 5.41) is 30.1. The van der Waals surface area contributed by atoms with Crippen molar-refractivity contribution in [2.75, 3.05) is 20.3 Å². The van der Waals surface area contributed by atoms with Crippen LogP contribution in [0.4, 0.5) is 0 Å². The van der Waals surface area contributed by atoms with Crippen molar-refractivity contribution in [2.45, 2.75) is 31.7 Å². The van der Waals surface area contributed by atoms with Crippen LogP contribution in [-0.2, 0) is 4.74 Å². The monoisotopic (exact) mass is 247 g/mol. The van der Waals surface area contributed by atoms with Gasteiger partial charge in [-0.15, -0.1) is 0 Å². The van der Waals surface area contributed by atoms with E-state index in [9.17, 15) is 0 Å². The van der Waals surface area contributed by atoms with Crippen LogP contribution in [-0.4, -0.2) is 65.8 Å². The van der Waals surface area contributed by atoms with Gasteiger partial charge in [-0.25, -0.2) is 0 Å². The third-order valence-corrected chi connectivity index (χ3v) is 2.22. The molecule has 100 valence electrons. The van der Waals surface area contributed by atoms with Gasteiger partial charge in [0.2, 0.25) is 0 Å². The van der Waals surface area contributed by atoms with E-state index in [1.807, 2.05) is 0 Å². The van der Waals surface area contributed by atoms with Crippen molar-refractivity contribution < 1.29 is 20.1 Å². The molecule has 17 heavy (non-hydrogen) atoms. The van der Waals surface area contributed by atoms with Gasteiger partial charge in [0.1, 0.15) is 12.2 Å². The van der Waals surface area contributed by atoms with Crippen molar-refractivity contribution in [3.05, 3.63) is 0 Å². The summed E-state index contributed by atoms with van der Waals surface area (Å²) in [5.74, 6) is 4.85. The average Bonchev–Trinajstić information content (AvgIpc) is 2.34. The summed E-state index contributed by atoms with van der Waals surface area (Å²) in [4.78, 5) is 3.67. The fourth-order valence-electron chi connectivity index (χ4n) is 1.24. The number of aliphatic hydroxyl groups excluding tert-OH is 3. The fourth-order valence-corrected chi connectivity index (χ4v) is 1.24. The number of aliphatic hydroxyl groups is 3. The molecule has 0 aromatic carbocycles. The lowest BCUT2D eigenvalue weighted by atomic mass is 10.0. The second kappa shape index (κ2) is 9.06. The molecule has 1 aliphatic rings. The van der Waals surface area contributed by atoms with E-state index in [1.165, 1.54) is 0 Å². The predicted octanol–water partition coefficient (Wildman–Crippen LogP) is -1.49. The first-order valence-corrected chi connectivity index (χ1v) is 5.32. The van der Waals surface area contributed by atoms with E-state index in [1.54, 1.807) is 20.2 Å². The zero-order chi connectivity index (χ0) is 13.3. The maximum absolute atomic E-state index is 9.10. The van der Waals surface area contributed by atoms with Crippen LogP contribution < -0.4 is 5.84 Å². The van der Waals surface area contributed by atoms with Crippen molar-refractivity contribution in [3.8, 4) is 0 Å². The summed E-state index contributed by atoms with van der Waals surface area (Å²) in [7, 11) is 1.68. The third-order valence-electron chi connectivity index (χ3n) is 2.22. The molecular formula is C10H21N3O4. The van der Waals surface area contributed by atoms with E-state index in [0.29, 0.717) is 13.0 Å². The minimum atomic E-state index is -0.932. The van der Waals surface area contributed by atoms with Gasteiger partial charge in [0, 0.05) is 19.9 Å². The molecule has 3 atom stereocenters. The third kappa shape index (κ3) is 6.32. The van der Waals surface area contributed by atoms with Gasteiger partial charge in [-0.1, -0.05) is 0 Å². The minimum absolute atomic E-state index is 0.238. The number of ether oxygens (including phenoxy) is 1. The lowest BCUT2D eigenvalue weighted by molar-refractivity contribution is -0.147. The van der Waals surface area contributed by atoms with Crippen LogP contribution in [0.1, 0.15) is 13.3 Å². The van der Waals surface area contributed by atoms with Crippen molar-refractivity contribution in [3.63, 3.8) is 0 Å². The molecule has 1 rings (SSSR count). The molecule has 1 fully saturated rings. The quantitative estimate of drug-likeness (QED) is 0.269. The largest absolute Gasteiger partial charge is 0.394 e. The van der Waals surface area contributed by atoms with Crippen molar-refractivity contribution in [2.24, 2.45) is 15.9 Å². The standard InChI is InChI=1S/C6H12O4.C4H9N3/c7-3-5-6(9)4(8)1-2-10-5;1-4(7-5)3-6-2/h4-9H,1-3H2;3H,5H2,1-2H3/b;6-3?,7-4-. The normalized spacial score (nSPS) is 29.9. The Balaban J connectivity index is 0.000000325. The van der Waals surface area contributed by atoms with Gasteiger partial charge in [-0.3, -0.25) is 4.99 Å². The number of hydrogen-bond acceptors (Lipinski definition) is 7. The molecule has 7 nitrogen and oxygen atoms in total. The fraction of sp³-hybridized carbons (Fsp3) is 0.800. The zero-order valence-corrected chi connectivity index (χ0v) is 10.2. The summed E-state index contributed by atoms with van der Waals surface area (Å²) in [6, 6.07) is 0. The van der Waals surface area contributed by atoms with Gasteiger partial charge >= 0.3 is 0 Å². The van der Waals surface area contributed by atoms with Gasteiger partial charge in [0.25, 0.3) is 0 Å². The molecule has 0 bridgehead atoms. The average molecular weight is 247 g/mol. The SMILES string of the molecule is CN=C/C(C)=N\N.OCC1OCCC(O)C1O. The molecule has 1 heterocycles. The lowest BCUT2D eigenvalue weighted by Crippen LogP contribution is -2.46. The van der Waals surface area contributed by atoms with E-state index < -0.39 is 18.3 Å². The Morgan fingerprint density at radius 2 is 2.18 bits per heavy atom. The number of nitrogens with two attached hydrogens (primary N) is 1. The van der Waals surface area contributed by atoms with Crippen LogP contribution in [0.5, 0.6) is 0 Å². The molecule has 0 aromatic heterocycles. The molecule has 1 aliphatic heterocycles. The first-order valence-electron chi connectivity index (χ1n) is 5.32. The molecule has 0 saturated carbocycles. The maximum Gasteiger partial charge on any atom is 0.109 e. The molecule has 1 saturated heterocycles. The Labute approximate surface area is 101 Å². The smallest absolute Gasteiger partial charge is 0.109 e. The van der Waals surface area contributed by atoms with E-state index in [4.69, 9.17) is 25.9 Å². The lowest BCUT2D eigenvalue weighted by Gasteiger charge is -2.30. The van der Waals surface area contributed by atoms with Gasteiger partial charge in [0.05, 0.1) is 18.4 Å². The highest BCUT2D eigenvalue weighted by molar-refractivity contribution is 6.29. The van der Waals surface area contributed by atoms with Crippen LogP contribution in [0.25, 0.3) is 0 Å². The highest BCUT2D eigenvalue weighted by Crippen LogP contribution is 2.13. The van der Waals surface area contributed by atoms with Gasteiger partial charge in [-0.2, -0.15) is 5.10 Å². The molecule has 0 spiro atoms. The van der Waals surface area contributed by atoms with Gasteiger partial charge in [0.15, 0.2) is 0 Å². The Morgan fingerprint density at radius 3 is 2.53 bits per heavy atom. The van der Waals surface area contributed by atoms with E-state index >= 15 is 0 Å². The predicted molar refractivity (Wildman–Crippen MR) is 65.2 cm³/mol. The van der Waals surface area contributed by atoms with Crippen LogP contribution in [0, 0.1) is 0 Å². The van der Waals surface area contributed by atoms with Crippen molar-refractivity contribution in [1.82, 2.24) is 0 Å². The molecular weight excluding hydrogens is 226 g/mol. The molecule has 0 aromatic rings. The summed E-state index contributed by atoms with van der Waals surface area (Å²) in [6.07, 6.45) is -0.245. The van der Waals surface area contributed by atoms with Crippen molar-refractivity contribution in [1.29, 1.82) is 0 Å². The molecule has 0 amide bonds. The van der Waals surface area contributed by atoms with E-state index in [0.717, 1.165) is 5.71 Å². The molecule has 0 aliphatic carbocycles. The van der Waals surface area contributed by atoms with Gasteiger partial charge in [-0.05, 0) is 13.3 Å². The second-order valence-corrected chi connectivity index (χ2v) is 3.60. The molecule has 0 radical (unpaired) electrons. The van der Waals surface area contributed by atoms with Gasteiger partial charge < -0.3 is 25.9 Å². The van der Waals surface area contributed by atoms with Crippen LogP contribution in [0.15, 0.2) is 10.1 Å². The Kier molecular flexibility index (Phi) is 8.51. The van der Waals surface area contributed by atoms with E-state index in [2.05, 4.69) is 10.1 Å². The summed E-state index contributed by atoms with van der Waals surface area (Å²) < 4.78 is 4.95. The molecule has 7 heteroatoms. The van der Waals surface area contributed by atoms with E-state index in [-0.39, 0.29) is 6.61 Å². The number of aliphatic imine (C=N–C) groups is 1. The van der Waals surface area contributed by atoms with Crippen LogP contribution in [0.2, 0.25) is 0 Å². The number of rotatable bonds is 2. The number of hydrazone groups is 1. The maximum atomic E-state index is 9.10. The minimum Gasteiger partial charge on any atom is -0.394 e. The summed E-state index contributed by atoms with van der Waals surface area (Å²) in [5.41, 5.74) is 0.738. The second-order valence-electron chi connectivity index (χ2n) is 3.60. The zero-order valence-electron chi connectivity index (χ0n) is 10.2. The first-order chi connectivity index (χ1) is 8.06. The highest BCUT2D eigenvalue weighted by atomic mass is 16.5. The summed E-state index contributed by atoms with van der Waals surface area (Å²) >= 11 is 0. The molecule has 3 unspecified atom stereocenters.